The lowest BCUT2D eigenvalue weighted by Gasteiger charge is -2.46. The molecule has 1 aliphatic heterocycles. The summed E-state index contributed by atoms with van der Waals surface area (Å²) in [7, 11) is 2.08. The largest absolute Gasteiger partial charge is 0.374 e. The minimum absolute atomic E-state index is 0.179. The molecule has 1 saturated carbocycles. The van der Waals surface area contributed by atoms with Gasteiger partial charge in [0.1, 0.15) is 0 Å². The molecule has 1 saturated heterocycles. The number of ether oxygens (including phenoxy) is 1. The van der Waals surface area contributed by atoms with E-state index in [9.17, 15) is 0 Å². The van der Waals surface area contributed by atoms with E-state index in [-0.39, 0.29) is 5.60 Å². The second-order valence-electron chi connectivity index (χ2n) is 5.56. The Morgan fingerprint density at radius 2 is 2.07 bits per heavy atom. The summed E-state index contributed by atoms with van der Waals surface area (Å²) < 4.78 is 6.13. The fourth-order valence-electron chi connectivity index (χ4n) is 3.23. The molecule has 2 rings (SSSR count). The first-order valence-electron chi connectivity index (χ1n) is 5.91. The van der Waals surface area contributed by atoms with Crippen LogP contribution in [0, 0.1) is 5.41 Å². The molecule has 0 aromatic rings. The van der Waals surface area contributed by atoms with Gasteiger partial charge >= 0.3 is 0 Å². The van der Waals surface area contributed by atoms with Crippen molar-refractivity contribution in [1.29, 1.82) is 0 Å². The van der Waals surface area contributed by atoms with Crippen molar-refractivity contribution in [2.75, 3.05) is 13.7 Å². The first-order chi connectivity index (χ1) is 6.60. The quantitative estimate of drug-likeness (QED) is 0.696. The Morgan fingerprint density at radius 1 is 1.29 bits per heavy atom. The summed E-state index contributed by atoms with van der Waals surface area (Å²) in [6.45, 7) is 5.69. The second-order valence-corrected chi connectivity index (χ2v) is 5.56. The molecule has 0 aromatic heterocycles. The maximum Gasteiger partial charge on any atom is 0.0748 e. The van der Waals surface area contributed by atoms with Crippen LogP contribution in [-0.4, -0.2) is 25.3 Å². The van der Waals surface area contributed by atoms with Gasteiger partial charge in [-0.05, 0) is 44.6 Å². The lowest BCUT2D eigenvalue weighted by Crippen LogP contribution is -2.51. The van der Waals surface area contributed by atoms with E-state index in [1.54, 1.807) is 0 Å². The van der Waals surface area contributed by atoms with Gasteiger partial charge in [-0.2, -0.15) is 0 Å². The van der Waals surface area contributed by atoms with Crippen molar-refractivity contribution in [3.05, 3.63) is 0 Å². The predicted molar refractivity (Wildman–Crippen MR) is 58.4 cm³/mol. The fourth-order valence-corrected chi connectivity index (χ4v) is 3.23. The van der Waals surface area contributed by atoms with E-state index in [0.717, 1.165) is 6.61 Å². The molecule has 2 aliphatic rings. The van der Waals surface area contributed by atoms with Crippen LogP contribution in [0.5, 0.6) is 0 Å². The minimum Gasteiger partial charge on any atom is -0.374 e. The van der Waals surface area contributed by atoms with Crippen LogP contribution in [0.3, 0.4) is 0 Å². The highest BCUT2D eigenvalue weighted by molar-refractivity contribution is 5.03. The van der Waals surface area contributed by atoms with Gasteiger partial charge in [-0.15, -0.1) is 0 Å². The van der Waals surface area contributed by atoms with E-state index in [1.165, 1.54) is 32.1 Å². The number of nitrogens with one attached hydrogen (secondary N) is 1. The molecule has 2 heteroatoms. The first kappa shape index (κ1) is 10.4. The molecule has 1 N–H and O–H groups in total. The van der Waals surface area contributed by atoms with Crippen LogP contribution in [0.4, 0.5) is 0 Å². The number of rotatable bonds is 1. The Balaban J connectivity index is 2.14. The molecule has 0 aromatic carbocycles. The molecule has 2 fully saturated rings. The van der Waals surface area contributed by atoms with E-state index in [4.69, 9.17) is 4.74 Å². The van der Waals surface area contributed by atoms with E-state index >= 15 is 0 Å². The van der Waals surface area contributed by atoms with Crippen LogP contribution in [0.25, 0.3) is 0 Å². The molecule has 0 bridgehead atoms. The molecule has 1 spiro atoms. The third-order valence-electron chi connectivity index (χ3n) is 4.44. The van der Waals surface area contributed by atoms with Gasteiger partial charge in [-0.25, -0.2) is 0 Å². The normalized spacial score (nSPS) is 41.8. The molecule has 14 heavy (non-hydrogen) atoms. The highest BCUT2D eigenvalue weighted by Crippen LogP contribution is 2.52. The molecule has 2 nitrogen and oxygen atoms in total. The van der Waals surface area contributed by atoms with Crippen molar-refractivity contribution >= 4 is 0 Å². The lowest BCUT2D eigenvalue weighted by molar-refractivity contribution is -0.140. The molecule has 1 heterocycles. The van der Waals surface area contributed by atoms with Gasteiger partial charge in [0.05, 0.1) is 5.60 Å². The van der Waals surface area contributed by atoms with Gasteiger partial charge < -0.3 is 10.1 Å². The Labute approximate surface area is 87.4 Å². The van der Waals surface area contributed by atoms with Gasteiger partial charge in [0.2, 0.25) is 0 Å². The van der Waals surface area contributed by atoms with E-state index in [1.807, 2.05) is 0 Å². The van der Waals surface area contributed by atoms with Gasteiger partial charge in [0, 0.05) is 12.6 Å². The van der Waals surface area contributed by atoms with Crippen LogP contribution < -0.4 is 5.32 Å². The first-order valence-corrected chi connectivity index (χ1v) is 5.91. The summed E-state index contributed by atoms with van der Waals surface area (Å²) in [5.41, 5.74) is 0.557. The molecular weight excluding hydrogens is 174 g/mol. The third kappa shape index (κ3) is 1.49. The van der Waals surface area contributed by atoms with Gasteiger partial charge in [0.25, 0.3) is 0 Å². The molecule has 82 valence electrons. The average molecular weight is 197 g/mol. The van der Waals surface area contributed by atoms with Crippen LogP contribution in [0.1, 0.15) is 46.0 Å². The third-order valence-corrected chi connectivity index (χ3v) is 4.44. The van der Waals surface area contributed by atoms with Crippen molar-refractivity contribution in [3.8, 4) is 0 Å². The van der Waals surface area contributed by atoms with Crippen LogP contribution in [-0.2, 0) is 4.74 Å². The predicted octanol–water partition coefficient (Wildman–Crippen LogP) is 2.33. The Morgan fingerprint density at radius 3 is 2.64 bits per heavy atom. The Hall–Kier alpha value is -0.0800. The second kappa shape index (κ2) is 3.49. The zero-order chi connectivity index (χ0) is 10.2. The Kier molecular flexibility index (Phi) is 2.61. The highest BCUT2D eigenvalue weighted by atomic mass is 16.5. The average Bonchev–Trinajstić information content (AvgIpc) is 2.43. The summed E-state index contributed by atoms with van der Waals surface area (Å²) in [6.07, 6.45) is 6.30. The van der Waals surface area contributed by atoms with Crippen molar-refractivity contribution in [1.82, 2.24) is 5.32 Å². The molecule has 1 aliphatic carbocycles. The zero-order valence-corrected chi connectivity index (χ0v) is 9.73. The van der Waals surface area contributed by atoms with Crippen molar-refractivity contribution in [3.63, 3.8) is 0 Å². The lowest BCUT2D eigenvalue weighted by atomic mass is 9.72. The standard InChI is InChI=1S/C12H23NO/c1-11(2)6-4-7-12(11)9-10(13-3)5-8-14-12/h10,13H,4-9H2,1-3H3. The monoisotopic (exact) mass is 197 g/mol. The van der Waals surface area contributed by atoms with Crippen molar-refractivity contribution in [2.45, 2.75) is 57.6 Å². The maximum absolute atomic E-state index is 6.13. The maximum atomic E-state index is 6.13. The smallest absolute Gasteiger partial charge is 0.0748 e. The summed E-state index contributed by atoms with van der Waals surface area (Å²) in [6, 6.07) is 0.668. The van der Waals surface area contributed by atoms with Crippen molar-refractivity contribution in [2.24, 2.45) is 5.41 Å². The van der Waals surface area contributed by atoms with Gasteiger partial charge in [-0.3, -0.25) is 0 Å². The fraction of sp³-hybridized carbons (Fsp3) is 1.00. The molecule has 2 unspecified atom stereocenters. The highest BCUT2D eigenvalue weighted by Gasteiger charge is 2.51. The van der Waals surface area contributed by atoms with Gasteiger partial charge in [-0.1, -0.05) is 13.8 Å². The summed E-state index contributed by atoms with van der Waals surface area (Å²) in [5.74, 6) is 0. The Bertz CT molecular complexity index is 214. The summed E-state index contributed by atoms with van der Waals surface area (Å²) in [5, 5.41) is 3.41. The van der Waals surface area contributed by atoms with E-state index in [2.05, 4.69) is 26.2 Å². The molecule has 0 radical (unpaired) electrons. The number of hydrogen-bond acceptors (Lipinski definition) is 2. The van der Waals surface area contributed by atoms with Crippen LogP contribution in [0.15, 0.2) is 0 Å². The molecule has 2 atom stereocenters. The van der Waals surface area contributed by atoms with Crippen LogP contribution >= 0.6 is 0 Å². The van der Waals surface area contributed by atoms with E-state index in [0.29, 0.717) is 11.5 Å². The number of hydrogen-bond donors (Lipinski definition) is 1. The van der Waals surface area contributed by atoms with Crippen LogP contribution in [0.2, 0.25) is 0 Å². The summed E-state index contributed by atoms with van der Waals surface area (Å²) >= 11 is 0. The van der Waals surface area contributed by atoms with Crippen molar-refractivity contribution < 1.29 is 4.74 Å². The molecular formula is C12H23NO. The minimum atomic E-state index is 0.179. The van der Waals surface area contributed by atoms with Gasteiger partial charge in [0.15, 0.2) is 0 Å². The topological polar surface area (TPSA) is 21.3 Å². The summed E-state index contributed by atoms with van der Waals surface area (Å²) in [4.78, 5) is 0. The SMILES string of the molecule is CNC1CCOC2(CCCC2(C)C)C1. The van der Waals surface area contributed by atoms with E-state index < -0.39 is 0 Å². The zero-order valence-electron chi connectivity index (χ0n) is 9.73. The molecule has 0 amide bonds.